The highest BCUT2D eigenvalue weighted by Crippen LogP contribution is 2.25. The van der Waals surface area contributed by atoms with Gasteiger partial charge in [-0.3, -0.25) is 9.69 Å². The van der Waals surface area contributed by atoms with Gasteiger partial charge in [0.2, 0.25) is 5.91 Å². The molecule has 5 nitrogen and oxygen atoms in total. The Morgan fingerprint density at radius 2 is 2.08 bits per heavy atom. The van der Waals surface area contributed by atoms with Crippen molar-refractivity contribution in [1.82, 2.24) is 19.4 Å². The summed E-state index contributed by atoms with van der Waals surface area (Å²) in [5.74, 6) is 2.38. The van der Waals surface area contributed by atoms with Crippen LogP contribution in [0.15, 0.2) is 35.7 Å². The number of allylic oxidation sites excluding steroid dienone is 1. The van der Waals surface area contributed by atoms with Gasteiger partial charge in [0.15, 0.2) is 0 Å². The van der Waals surface area contributed by atoms with Gasteiger partial charge in [-0.1, -0.05) is 13.0 Å². The minimum absolute atomic E-state index is 0.167. The number of rotatable bonds is 7. The van der Waals surface area contributed by atoms with Crippen molar-refractivity contribution in [1.29, 1.82) is 0 Å². The Morgan fingerprint density at radius 1 is 1.31 bits per heavy atom. The molecule has 26 heavy (non-hydrogen) atoms. The molecule has 0 radical (unpaired) electrons. The van der Waals surface area contributed by atoms with E-state index in [1.165, 1.54) is 16.8 Å². The largest absolute Gasteiger partial charge is 0.340 e. The summed E-state index contributed by atoms with van der Waals surface area (Å²) in [6.07, 6.45) is 3.11. The van der Waals surface area contributed by atoms with Crippen LogP contribution in [0.4, 0.5) is 0 Å². The van der Waals surface area contributed by atoms with Gasteiger partial charge in [0.05, 0.1) is 17.6 Å². The van der Waals surface area contributed by atoms with E-state index in [9.17, 15) is 4.79 Å². The molecule has 140 valence electrons. The second-order valence-electron chi connectivity index (χ2n) is 6.71. The van der Waals surface area contributed by atoms with Gasteiger partial charge in [-0.2, -0.15) is 0 Å². The molecule has 0 N–H and O–H groups in total. The van der Waals surface area contributed by atoms with Crippen LogP contribution in [0, 0.1) is 0 Å². The summed E-state index contributed by atoms with van der Waals surface area (Å²) < 4.78 is 2.27. The van der Waals surface area contributed by atoms with Gasteiger partial charge in [-0.15, -0.1) is 18.3 Å². The smallest absolute Gasteiger partial charge is 0.219 e. The topological polar surface area (TPSA) is 41.4 Å². The molecule has 1 aliphatic heterocycles. The Balaban J connectivity index is 1.80. The number of thioether (sulfide) groups is 1. The zero-order valence-corrected chi connectivity index (χ0v) is 16.6. The first kappa shape index (κ1) is 19.0. The number of nitrogens with zero attached hydrogens (tertiary/aromatic N) is 4. The van der Waals surface area contributed by atoms with Crippen LogP contribution in [0.1, 0.15) is 26.1 Å². The summed E-state index contributed by atoms with van der Waals surface area (Å²) in [5, 5.41) is 0. The van der Waals surface area contributed by atoms with Crippen molar-refractivity contribution < 1.29 is 4.79 Å². The summed E-state index contributed by atoms with van der Waals surface area (Å²) in [7, 11) is 0. The molecule has 1 saturated heterocycles. The molecular formula is C20H28N4OS. The number of benzene rings is 1. The number of carbonyl (C=O) groups excluding carboxylic acids is 1. The number of hydrogen-bond acceptors (Lipinski definition) is 4. The normalized spacial score (nSPS) is 15.5. The Labute approximate surface area is 160 Å². The van der Waals surface area contributed by atoms with Crippen LogP contribution < -0.4 is 0 Å². The van der Waals surface area contributed by atoms with Crippen molar-refractivity contribution in [2.75, 3.05) is 31.9 Å². The Kier molecular flexibility index (Phi) is 6.38. The summed E-state index contributed by atoms with van der Waals surface area (Å²) in [6, 6.07) is 6.55. The molecule has 0 spiro atoms. The summed E-state index contributed by atoms with van der Waals surface area (Å²) in [6.45, 7) is 12.7. The lowest BCUT2D eigenvalue weighted by Gasteiger charge is -2.33. The van der Waals surface area contributed by atoms with E-state index in [0.717, 1.165) is 56.4 Å². The Bertz CT molecular complexity index is 777. The second kappa shape index (κ2) is 8.73. The van der Waals surface area contributed by atoms with Crippen LogP contribution >= 0.6 is 11.8 Å². The number of fused-ring (bicyclic) bond motifs is 1. The van der Waals surface area contributed by atoms with Crippen molar-refractivity contribution in [2.45, 2.75) is 38.3 Å². The number of imidazole rings is 1. The first-order valence-corrected chi connectivity index (χ1v) is 10.3. The van der Waals surface area contributed by atoms with Gasteiger partial charge in [0.1, 0.15) is 5.82 Å². The monoisotopic (exact) mass is 372 g/mol. The lowest BCUT2D eigenvalue weighted by atomic mass is 10.3. The summed E-state index contributed by atoms with van der Waals surface area (Å²) in [4.78, 5) is 22.0. The van der Waals surface area contributed by atoms with Crippen molar-refractivity contribution in [3.8, 4) is 0 Å². The fraction of sp³-hybridized carbons (Fsp3) is 0.500. The SMILES string of the molecule is C=CCn1c(CN2CCN(C(C)=O)CC2)nc2ccc(SCCC)cc21. The minimum atomic E-state index is 0.167. The zero-order chi connectivity index (χ0) is 18.5. The second-order valence-corrected chi connectivity index (χ2v) is 7.88. The van der Waals surface area contributed by atoms with Gasteiger partial charge >= 0.3 is 0 Å². The molecule has 0 unspecified atom stereocenters. The Hall–Kier alpha value is -1.79. The molecule has 6 heteroatoms. The summed E-state index contributed by atoms with van der Waals surface area (Å²) >= 11 is 1.90. The molecule has 0 saturated carbocycles. The average Bonchev–Trinajstić information content (AvgIpc) is 2.97. The van der Waals surface area contributed by atoms with Crippen LogP contribution in [-0.2, 0) is 17.9 Å². The molecule has 1 aliphatic rings. The molecule has 0 aliphatic carbocycles. The number of amides is 1. The fourth-order valence-electron chi connectivity index (χ4n) is 3.34. The fourth-order valence-corrected chi connectivity index (χ4v) is 4.14. The maximum absolute atomic E-state index is 11.5. The predicted molar refractivity (Wildman–Crippen MR) is 108 cm³/mol. The highest BCUT2D eigenvalue weighted by molar-refractivity contribution is 7.99. The third-order valence-corrected chi connectivity index (χ3v) is 5.97. The van der Waals surface area contributed by atoms with Gasteiger partial charge in [0.25, 0.3) is 0 Å². The molecule has 1 aromatic carbocycles. The number of piperazine rings is 1. The summed E-state index contributed by atoms with van der Waals surface area (Å²) in [5.41, 5.74) is 2.23. The standard InChI is InChI=1S/C20H28N4OS/c1-4-8-24-19-14-17(26-13-5-2)6-7-18(19)21-20(24)15-22-9-11-23(12-10-22)16(3)25/h4,6-7,14H,1,5,8-13,15H2,2-3H3. The van der Waals surface area contributed by atoms with Crippen molar-refractivity contribution >= 4 is 28.7 Å². The number of aromatic nitrogens is 2. The number of carbonyl (C=O) groups is 1. The van der Waals surface area contributed by atoms with Crippen LogP contribution in [0.5, 0.6) is 0 Å². The third kappa shape index (κ3) is 4.30. The van der Waals surface area contributed by atoms with E-state index in [-0.39, 0.29) is 5.91 Å². The highest BCUT2D eigenvalue weighted by atomic mass is 32.2. The van der Waals surface area contributed by atoms with E-state index in [0.29, 0.717) is 0 Å². The predicted octanol–water partition coefficient (Wildman–Crippen LogP) is 3.39. The number of hydrogen-bond donors (Lipinski definition) is 0. The molecule has 2 aromatic rings. The van der Waals surface area contributed by atoms with Crippen molar-refractivity contribution in [3.63, 3.8) is 0 Å². The van der Waals surface area contributed by atoms with Gasteiger partial charge < -0.3 is 9.47 Å². The Morgan fingerprint density at radius 3 is 2.73 bits per heavy atom. The van der Waals surface area contributed by atoms with Crippen LogP contribution in [0.2, 0.25) is 0 Å². The van der Waals surface area contributed by atoms with Crippen LogP contribution in [0.3, 0.4) is 0 Å². The molecular weight excluding hydrogens is 344 g/mol. The van der Waals surface area contributed by atoms with E-state index in [4.69, 9.17) is 4.98 Å². The molecule has 0 bridgehead atoms. The maximum atomic E-state index is 11.5. The van der Waals surface area contributed by atoms with E-state index in [2.05, 4.69) is 41.2 Å². The van der Waals surface area contributed by atoms with Crippen molar-refractivity contribution in [2.24, 2.45) is 0 Å². The van der Waals surface area contributed by atoms with Gasteiger partial charge in [0, 0.05) is 44.5 Å². The molecule has 0 atom stereocenters. The lowest BCUT2D eigenvalue weighted by Crippen LogP contribution is -2.47. The molecule has 1 amide bonds. The van der Waals surface area contributed by atoms with Gasteiger partial charge in [-0.25, -0.2) is 4.98 Å². The zero-order valence-electron chi connectivity index (χ0n) is 15.8. The van der Waals surface area contributed by atoms with E-state index in [1.54, 1.807) is 6.92 Å². The first-order chi connectivity index (χ1) is 12.6. The molecule has 2 heterocycles. The molecule has 1 aromatic heterocycles. The first-order valence-electron chi connectivity index (χ1n) is 9.33. The maximum Gasteiger partial charge on any atom is 0.219 e. The van der Waals surface area contributed by atoms with Gasteiger partial charge in [-0.05, 0) is 30.4 Å². The van der Waals surface area contributed by atoms with Crippen LogP contribution in [-0.4, -0.2) is 57.2 Å². The average molecular weight is 373 g/mol. The van der Waals surface area contributed by atoms with E-state index in [1.807, 2.05) is 22.7 Å². The highest BCUT2D eigenvalue weighted by Gasteiger charge is 2.21. The lowest BCUT2D eigenvalue weighted by molar-refractivity contribution is -0.130. The van der Waals surface area contributed by atoms with E-state index >= 15 is 0 Å². The minimum Gasteiger partial charge on any atom is -0.340 e. The van der Waals surface area contributed by atoms with E-state index < -0.39 is 0 Å². The molecule has 1 fully saturated rings. The van der Waals surface area contributed by atoms with Crippen LogP contribution in [0.25, 0.3) is 11.0 Å². The third-order valence-electron chi connectivity index (χ3n) is 4.77. The van der Waals surface area contributed by atoms with Crippen molar-refractivity contribution in [3.05, 3.63) is 36.7 Å². The molecule has 3 rings (SSSR count). The quantitative estimate of drug-likeness (QED) is 0.552.